The van der Waals surface area contributed by atoms with Gasteiger partial charge < -0.3 is 0 Å². The van der Waals surface area contributed by atoms with Crippen molar-refractivity contribution < 1.29 is 0 Å². The van der Waals surface area contributed by atoms with Crippen LogP contribution in [0.3, 0.4) is 0 Å². The van der Waals surface area contributed by atoms with Crippen LogP contribution in [0.15, 0.2) is 48.5 Å². The average Bonchev–Trinajstić information content (AvgIpc) is 3.06. The molecule has 24 heavy (non-hydrogen) atoms. The summed E-state index contributed by atoms with van der Waals surface area (Å²) in [6, 6.07) is 18.2. The summed E-state index contributed by atoms with van der Waals surface area (Å²) in [6.07, 6.45) is 4.07. The van der Waals surface area contributed by atoms with E-state index in [9.17, 15) is 0 Å². The summed E-state index contributed by atoms with van der Waals surface area (Å²) in [5, 5.41) is 0. The summed E-state index contributed by atoms with van der Waals surface area (Å²) in [7, 11) is 0. The molecule has 0 nitrogen and oxygen atoms in total. The van der Waals surface area contributed by atoms with Crippen LogP contribution in [0.5, 0.6) is 0 Å². The molecule has 2 aromatic carbocycles. The summed E-state index contributed by atoms with van der Waals surface area (Å²) in [5.74, 6) is 0.852. The van der Waals surface area contributed by atoms with Gasteiger partial charge in [-0.2, -0.15) is 0 Å². The Morgan fingerprint density at radius 3 is 1.83 bits per heavy atom. The van der Waals surface area contributed by atoms with Gasteiger partial charge in [0, 0.05) is 5.41 Å². The topological polar surface area (TPSA) is 0 Å². The molecule has 0 heterocycles. The van der Waals surface area contributed by atoms with Crippen molar-refractivity contribution in [3.8, 4) is 11.1 Å². The summed E-state index contributed by atoms with van der Waals surface area (Å²) in [5.41, 5.74) is 6.59. The van der Waals surface area contributed by atoms with Gasteiger partial charge in [-0.15, -0.1) is 0 Å². The minimum absolute atomic E-state index is 0.0684. The molecule has 1 fully saturated rings. The number of benzene rings is 2. The maximum atomic E-state index is 2.55. The van der Waals surface area contributed by atoms with E-state index < -0.39 is 0 Å². The van der Waals surface area contributed by atoms with Crippen LogP contribution in [0.25, 0.3) is 11.1 Å². The first kappa shape index (κ1) is 15.9. The molecule has 0 aromatic heterocycles. The largest absolute Gasteiger partial charge is 0.0625 e. The zero-order chi connectivity index (χ0) is 17.2. The zero-order valence-corrected chi connectivity index (χ0v) is 15.8. The second kappa shape index (κ2) is 4.97. The Labute approximate surface area is 147 Å². The van der Waals surface area contributed by atoms with Gasteiger partial charge in [-0.05, 0) is 51.8 Å². The van der Waals surface area contributed by atoms with Crippen LogP contribution in [0.4, 0.5) is 0 Å². The third kappa shape index (κ3) is 1.80. The molecule has 0 amide bonds. The van der Waals surface area contributed by atoms with E-state index in [1.807, 2.05) is 0 Å². The molecule has 0 saturated heterocycles. The molecule has 126 valence electrons. The molecular formula is C24H30. The lowest BCUT2D eigenvalue weighted by Gasteiger charge is -2.53. The fourth-order valence-electron chi connectivity index (χ4n) is 5.84. The van der Waals surface area contributed by atoms with Gasteiger partial charge in [-0.25, -0.2) is 0 Å². The normalized spacial score (nSPS) is 27.8. The minimum Gasteiger partial charge on any atom is -0.0625 e. The first-order valence-corrected chi connectivity index (χ1v) is 9.51. The lowest BCUT2D eigenvalue weighted by atomic mass is 9.50. The molecule has 0 spiro atoms. The summed E-state index contributed by atoms with van der Waals surface area (Å²) < 4.78 is 0. The predicted octanol–water partition coefficient (Wildman–Crippen LogP) is 6.83. The van der Waals surface area contributed by atoms with Crippen molar-refractivity contribution in [3.05, 3.63) is 59.7 Å². The fraction of sp³-hybridized carbons (Fsp3) is 0.500. The second-order valence-corrected chi connectivity index (χ2v) is 9.25. The highest BCUT2D eigenvalue weighted by atomic mass is 14.6. The van der Waals surface area contributed by atoms with E-state index >= 15 is 0 Å². The van der Waals surface area contributed by atoms with E-state index in [0.29, 0.717) is 5.41 Å². The highest BCUT2D eigenvalue weighted by Crippen LogP contribution is 2.66. The van der Waals surface area contributed by atoms with E-state index in [4.69, 9.17) is 0 Å². The van der Waals surface area contributed by atoms with Crippen LogP contribution in [-0.2, 0) is 5.41 Å². The van der Waals surface area contributed by atoms with E-state index in [1.165, 1.54) is 41.5 Å². The Hall–Kier alpha value is -1.56. The molecule has 0 bridgehead atoms. The molecule has 2 aliphatic carbocycles. The Morgan fingerprint density at radius 2 is 1.38 bits per heavy atom. The minimum atomic E-state index is 0.0684. The van der Waals surface area contributed by atoms with Crippen molar-refractivity contribution in [2.75, 3.05) is 0 Å². The molecule has 2 atom stereocenters. The number of hydrogen-bond donors (Lipinski definition) is 0. The molecule has 1 saturated carbocycles. The van der Waals surface area contributed by atoms with Crippen molar-refractivity contribution in [3.63, 3.8) is 0 Å². The Balaban J connectivity index is 1.97. The first-order valence-electron chi connectivity index (χ1n) is 9.51. The van der Waals surface area contributed by atoms with E-state index in [2.05, 4.69) is 83.1 Å². The molecule has 0 N–H and O–H groups in total. The maximum Gasteiger partial charge on any atom is 0.0243 e. The quantitative estimate of drug-likeness (QED) is 0.569. The van der Waals surface area contributed by atoms with Crippen LogP contribution in [0.2, 0.25) is 0 Å². The molecule has 2 aliphatic rings. The van der Waals surface area contributed by atoms with Gasteiger partial charge >= 0.3 is 0 Å². The van der Waals surface area contributed by atoms with Crippen molar-refractivity contribution in [2.45, 2.75) is 59.3 Å². The average molecular weight is 319 g/mol. The van der Waals surface area contributed by atoms with Gasteiger partial charge in [0.25, 0.3) is 0 Å². The van der Waals surface area contributed by atoms with Crippen LogP contribution in [-0.4, -0.2) is 0 Å². The van der Waals surface area contributed by atoms with Crippen molar-refractivity contribution in [1.29, 1.82) is 0 Å². The van der Waals surface area contributed by atoms with Gasteiger partial charge in [0.2, 0.25) is 0 Å². The third-order valence-corrected chi connectivity index (χ3v) is 7.97. The lowest BCUT2D eigenvalue weighted by molar-refractivity contribution is 0.0299. The first-order chi connectivity index (χ1) is 11.3. The lowest BCUT2D eigenvalue weighted by Crippen LogP contribution is -2.49. The fourth-order valence-corrected chi connectivity index (χ4v) is 5.84. The number of fused-ring (bicyclic) bond motifs is 3. The summed E-state index contributed by atoms with van der Waals surface area (Å²) in [6.45, 7) is 12.5. The second-order valence-electron chi connectivity index (χ2n) is 9.25. The summed E-state index contributed by atoms with van der Waals surface area (Å²) >= 11 is 0. The molecule has 1 unspecified atom stereocenters. The standard InChI is InChI=1S/C24H30/c1-17-14-15-23(4,16-17)22(2,3)24(5)20-12-8-6-10-18(20)19-11-7-9-13-21(19)24/h6-13,17H,14-16H2,1-5H3/t17?,23-/m0/s1. The van der Waals surface area contributed by atoms with Crippen LogP contribution < -0.4 is 0 Å². The Morgan fingerprint density at radius 1 is 0.875 bits per heavy atom. The molecule has 0 aliphatic heterocycles. The molecule has 2 aromatic rings. The number of rotatable bonds is 2. The zero-order valence-electron chi connectivity index (χ0n) is 15.8. The van der Waals surface area contributed by atoms with Gasteiger partial charge in [-0.3, -0.25) is 0 Å². The Kier molecular flexibility index (Phi) is 3.30. The van der Waals surface area contributed by atoms with Crippen molar-refractivity contribution in [2.24, 2.45) is 16.7 Å². The molecular weight excluding hydrogens is 288 g/mol. The maximum absolute atomic E-state index is 2.55. The predicted molar refractivity (Wildman–Crippen MR) is 103 cm³/mol. The SMILES string of the molecule is CC1CC[C@](C)(C(C)(C)C2(C)c3ccccc3-c3ccccc32)C1. The highest BCUT2D eigenvalue weighted by molar-refractivity contribution is 5.81. The molecule has 0 heteroatoms. The number of hydrogen-bond acceptors (Lipinski definition) is 0. The monoisotopic (exact) mass is 318 g/mol. The smallest absolute Gasteiger partial charge is 0.0243 e. The van der Waals surface area contributed by atoms with E-state index in [0.717, 1.165) is 5.92 Å². The van der Waals surface area contributed by atoms with Crippen LogP contribution >= 0.6 is 0 Å². The highest BCUT2D eigenvalue weighted by Gasteiger charge is 2.58. The third-order valence-electron chi connectivity index (χ3n) is 7.97. The summed E-state index contributed by atoms with van der Waals surface area (Å²) in [4.78, 5) is 0. The Bertz CT molecular complexity index is 737. The van der Waals surface area contributed by atoms with Gasteiger partial charge in [-0.1, -0.05) is 89.6 Å². The van der Waals surface area contributed by atoms with Gasteiger partial charge in [0.15, 0.2) is 0 Å². The van der Waals surface area contributed by atoms with Gasteiger partial charge in [0.1, 0.15) is 0 Å². The van der Waals surface area contributed by atoms with Crippen LogP contribution in [0, 0.1) is 16.7 Å². The van der Waals surface area contributed by atoms with Gasteiger partial charge in [0.05, 0.1) is 0 Å². The molecule has 4 rings (SSSR count). The van der Waals surface area contributed by atoms with E-state index in [1.54, 1.807) is 0 Å². The molecule has 0 radical (unpaired) electrons. The van der Waals surface area contributed by atoms with Crippen LogP contribution in [0.1, 0.15) is 65.0 Å². The van der Waals surface area contributed by atoms with Crippen molar-refractivity contribution >= 4 is 0 Å². The van der Waals surface area contributed by atoms with E-state index in [-0.39, 0.29) is 10.8 Å². The van der Waals surface area contributed by atoms with Crippen molar-refractivity contribution in [1.82, 2.24) is 0 Å².